The molecular weight excluding hydrogens is 236 g/mol. The maximum absolute atomic E-state index is 12.6. The Morgan fingerprint density at radius 2 is 2.05 bits per heavy atom. The van der Waals surface area contributed by atoms with Gasteiger partial charge in [-0.2, -0.15) is 0 Å². The zero-order valence-corrected chi connectivity index (χ0v) is 11.9. The number of carbonyl (C=O) groups is 1. The van der Waals surface area contributed by atoms with Gasteiger partial charge < -0.3 is 10.6 Å². The minimum atomic E-state index is -0.0974. The number of nitrogens with two attached hydrogens (primary N) is 1. The van der Waals surface area contributed by atoms with Gasteiger partial charge in [0.15, 0.2) is 0 Å². The van der Waals surface area contributed by atoms with Crippen LogP contribution in [0, 0.1) is 5.92 Å². The minimum absolute atomic E-state index is 0.0127. The maximum Gasteiger partial charge on any atom is 0.227 e. The first kappa shape index (κ1) is 14.1. The van der Waals surface area contributed by atoms with Gasteiger partial charge in [0.1, 0.15) is 0 Å². The summed E-state index contributed by atoms with van der Waals surface area (Å²) in [5.41, 5.74) is 7.00. The molecule has 0 radical (unpaired) electrons. The molecule has 19 heavy (non-hydrogen) atoms. The van der Waals surface area contributed by atoms with Crippen LogP contribution in [-0.4, -0.2) is 29.4 Å². The molecule has 3 nitrogen and oxygen atoms in total. The highest BCUT2D eigenvalue weighted by Gasteiger charge is 2.37. The van der Waals surface area contributed by atoms with E-state index in [4.69, 9.17) is 5.73 Å². The molecule has 1 unspecified atom stereocenters. The van der Waals surface area contributed by atoms with Crippen LogP contribution in [0.2, 0.25) is 0 Å². The van der Waals surface area contributed by atoms with E-state index in [1.807, 2.05) is 23.1 Å². The number of benzene rings is 1. The molecule has 2 N–H and O–H groups in total. The number of rotatable bonds is 4. The number of nitrogens with zero attached hydrogens (tertiary/aromatic N) is 1. The Balaban J connectivity index is 2.07. The number of amides is 1. The van der Waals surface area contributed by atoms with E-state index in [-0.39, 0.29) is 17.4 Å². The van der Waals surface area contributed by atoms with Gasteiger partial charge in [0.25, 0.3) is 0 Å². The Kier molecular flexibility index (Phi) is 4.25. The molecule has 1 aromatic rings. The summed E-state index contributed by atoms with van der Waals surface area (Å²) in [5, 5.41) is 0. The van der Waals surface area contributed by atoms with Crippen molar-refractivity contribution in [2.24, 2.45) is 11.7 Å². The molecular formula is C16H24N2O. The van der Waals surface area contributed by atoms with E-state index in [0.717, 1.165) is 25.8 Å². The summed E-state index contributed by atoms with van der Waals surface area (Å²) in [7, 11) is 0. The van der Waals surface area contributed by atoms with Gasteiger partial charge in [-0.1, -0.05) is 30.3 Å². The van der Waals surface area contributed by atoms with Crippen molar-refractivity contribution in [1.82, 2.24) is 4.90 Å². The van der Waals surface area contributed by atoms with Crippen molar-refractivity contribution in [1.29, 1.82) is 0 Å². The first-order valence-electron chi connectivity index (χ1n) is 7.10. The predicted octanol–water partition coefficient (Wildman–Crippen LogP) is 2.21. The third kappa shape index (κ3) is 3.16. The molecule has 0 bridgehead atoms. The number of hydrogen-bond acceptors (Lipinski definition) is 2. The van der Waals surface area contributed by atoms with Crippen molar-refractivity contribution in [3.63, 3.8) is 0 Å². The molecule has 1 aliphatic rings. The quantitative estimate of drug-likeness (QED) is 0.902. The summed E-state index contributed by atoms with van der Waals surface area (Å²) in [6, 6.07) is 10.1. The highest BCUT2D eigenvalue weighted by Crippen LogP contribution is 2.30. The van der Waals surface area contributed by atoms with Gasteiger partial charge in [0.05, 0.1) is 5.92 Å². The molecule has 1 aliphatic heterocycles. The van der Waals surface area contributed by atoms with Gasteiger partial charge in [-0.15, -0.1) is 0 Å². The fraction of sp³-hybridized carbons (Fsp3) is 0.562. The fourth-order valence-electron chi connectivity index (χ4n) is 2.91. The van der Waals surface area contributed by atoms with Crippen LogP contribution in [0.25, 0.3) is 0 Å². The van der Waals surface area contributed by atoms with Crippen LogP contribution in [0.3, 0.4) is 0 Å². The molecule has 1 amide bonds. The second kappa shape index (κ2) is 5.74. The summed E-state index contributed by atoms with van der Waals surface area (Å²) in [5.74, 6) is 0.119. The SMILES string of the molecule is CC1(C)CCCN1C(=O)C(CN)Cc1ccccc1. The molecule has 0 aromatic heterocycles. The Morgan fingerprint density at radius 1 is 1.37 bits per heavy atom. The van der Waals surface area contributed by atoms with Crippen LogP contribution >= 0.6 is 0 Å². The van der Waals surface area contributed by atoms with Gasteiger partial charge >= 0.3 is 0 Å². The van der Waals surface area contributed by atoms with E-state index < -0.39 is 0 Å². The lowest BCUT2D eigenvalue weighted by Gasteiger charge is -2.34. The average Bonchev–Trinajstić information content (AvgIpc) is 2.76. The molecule has 1 saturated heterocycles. The van der Waals surface area contributed by atoms with Crippen LogP contribution < -0.4 is 5.73 Å². The molecule has 0 saturated carbocycles. The Morgan fingerprint density at radius 3 is 2.58 bits per heavy atom. The molecule has 104 valence electrons. The van der Waals surface area contributed by atoms with Crippen molar-refractivity contribution in [3.8, 4) is 0 Å². The summed E-state index contributed by atoms with van der Waals surface area (Å²) in [4.78, 5) is 14.7. The van der Waals surface area contributed by atoms with E-state index in [1.165, 1.54) is 5.56 Å². The van der Waals surface area contributed by atoms with Crippen molar-refractivity contribution in [2.45, 2.75) is 38.6 Å². The third-order valence-electron chi connectivity index (χ3n) is 4.13. The summed E-state index contributed by atoms with van der Waals surface area (Å²) in [6.45, 7) is 5.58. The van der Waals surface area contributed by atoms with E-state index in [1.54, 1.807) is 0 Å². The van der Waals surface area contributed by atoms with E-state index in [9.17, 15) is 4.79 Å². The van der Waals surface area contributed by atoms with Crippen LogP contribution in [0.15, 0.2) is 30.3 Å². The van der Waals surface area contributed by atoms with Crippen LogP contribution in [0.5, 0.6) is 0 Å². The van der Waals surface area contributed by atoms with Gasteiger partial charge in [-0.3, -0.25) is 4.79 Å². The zero-order chi connectivity index (χ0) is 13.9. The van der Waals surface area contributed by atoms with Gasteiger partial charge in [-0.05, 0) is 38.7 Å². The van der Waals surface area contributed by atoms with Crippen molar-refractivity contribution < 1.29 is 4.79 Å². The van der Waals surface area contributed by atoms with Crippen LogP contribution in [0.1, 0.15) is 32.3 Å². The van der Waals surface area contributed by atoms with Crippen molar-refractivity contribution in [2.75, 3.05) is 13.1 Å². The Labute approximate surface area is 115 Å². The largest absolute Gasteiger partial charge is 0.337 e. The Bertz CT molecular complexity index is 428. The number of carbonyl (C=O) groups excluding carboxylic acids is 1. The summed E-state index contributed by atoms with van der Waals surface area (Å²) >= 11 is 0. The highest BCUT2D eigenvalue weighted by molar-refractivity contribution is 5.80. The van der Waals surface area contributed by atoms with Crippen LogP contribution in [0.4, 0.5) is 0 Å². The second-order valence-electron chi connectivity index (χ2n) is 6.03. The van der Waals surface area contributed by atoms with E-state index in [0.29, 0.717) is 6.54 Å². The number of likely N-dealkylation sites (tertiary alicyclic amines) is 1. The smallest absolute Gasteiger partial charge is 0.227 e. The van der Waals surface area contributed by atoms with Gasteiger partial charge in [0.2, 0.25) is 5.91 Å². The molecule has 1 fully saturated rings. The summed E-state index contributed by atoms with van der Waals surface area (Å²) in [6.07, 6.45) is 2.92. The summed E-state index contributed by atoms with van der Waals surface area (Å²) < 4.78 is 0. The second-order valence-corrected chi connectivity index (χ2v) is 6.03. The Hall–Kier alpha value is -1.35. The molecule has 3 heteroatoms. The predicted molar refractivity (Wildman–Crippen MR) is 77.7 cm³/mol. The van der Waals surface area contributed by atoms with E-state index >= 15 is 0 Å². The first-order chi connectivity index (χ1) is 9.04. The van der Waals surface area contributed by atoms with Crippen molar-refractivity contribution >= 4 is 5.91 Å². The molecule has 1 aromatic carbocycles. The molecule has 0 aliphatic carbocycles. The average molecular weight is 260 g/mol. The normalized spacial score (nSPS) is 19.4. The molecule has 2 rings (SSSR count). The fourth-order valence-corrected chi connectivity index (χ4v) is 2.91. The lowest BCUT2D eigenvalue weighted by atomic mass is 9.95. The zero-order valence-electron chi connectivity index (χ0n) is 11.9. The van der Waals surface area contributed by atoms with Gasteiger partial charge in [0, 0.05) is 18.6 Å². The lowest BCUT2D eigenvalue weighted by molar-refractivity contribution is -0.138. The molecule has 0 spiro atoms. The van der Waals surface area contributed by atoms with E-state index in [2.05, 4.69) is 26.0 Å². The topological polar surface area (TPSA) is 46.3 Å². The standard InChI is InChI=1S/C16H24N2O/c1-16(2)9-6-10-18(16)15(19)14(12-17)11-13-7-4-3-5-8-13/h3-5,7-8,14H,6,9-12,17H2,1-2H3. The highest BCUT2D eigenvalue weighted by atomic mass is 16.2. The third-order valence-corrected chi connectivity index (χ3v) is 4.13. The van der Waals surface area contributed by atoms with Crippen LogP contribution in [-0.2, 0) is 11.2 Å². The molecule has 1 atom stereocenters. The first-order valence-corrected chi connectivity index (χ1v) is 7.10. The number of hydrogen-bond donors (Lipinski definition) is 1. The van der Waals surface area contributed by atoms with Crippen molar-refractivity contribution in [3.05, 3.63) is 35.9 Å². The lowest BCUT2D eigenvalue weighted by Crippen LogP contribution is -2.47. The monoisotopic (exact) mass is 260 g/mol. The van der Waals surface area contributed by atoms with Gasteiger partial charge in [-0.25, -0.2) is 0 Å². The molecule has 1 heterocycles. The minimum Gasteiger partial charge on any atom is -0.337 e. The maximum atomic E-state index is 12.6.